The van der Waals surface area contributed by atoms with Crippen LogP contribution in [0.5, 0.6) is 5.75 Å². The largest absolute Gasteiger partial charge is 0.499 e. The topological polar surface area (TPSA) is 36.9 Å². The van der Waals surface area contributed by atoms with Gasteiger partial charge in [-0.05, 0) is 69.2 Å². The molecule has 0 aromatic heterocycles. The average Bonchev–Trinajstić information content (AvgIpc) is 3.22. The van der Waals surface area contributed by atoms with Crippen molar-refractivity contribution in [2.24, 2.45) is 0 Å². The minimum absolute atomic E-state index is 0.405. The fourth-order valence-corrected chi connectivity index (χ4v) is 4.17. The predicted octanol–water partition coefficient (Wildman–Crippen LogP) is 4.20. The van der Waals surface area contributed by atoms with Gasteiger partial charge in [0.25, 0.3) is 0 Å². The summed E-state index contributed by atoms with van der Waals surface area (Å²) in [6.45, 7) is 9.37. The third-order valence-corrected chi connectivity index (χ3v) is 6.49. The molecule has 0 amide bonds. The minimum Gasteiger partial charge on any atom is -0.489 e. The molecule has 1 fully saturated rings. The molecule has 2 aromatic carbocycles. The second-order valence-corrected chi connectivity index (χ2v) is 9.07. The van der Waals surface area contributed by atoms with Crippen LogP contribution in [0.4, 0.5) is 0 Å². The number of hydrogen-bond acceptors (Lipinski definition) is 4. The van der Waals surface area contributed by atoms with E-state index in [1.807, 2.05) is 18.2 Å². The summed E-state index contributed by atoms with van der Waals surface area (Å²) < 4.78 is 24.9. The number of fused-ring (bicyclic) bond motifs is 1. The molecule has 1 saturated heterocycles. The van der Waals surface area contributed by atoms with E-state index in [1.54, 1.807) is 7.11 Å². The fraction of sp³-hybridized carbons (Fsp3) is 0.500. The van der Waals surface area contributed by atoms with Crippen LogP contribution >= 0.6 is 0 Å². The zero-order chi connectivity index (χ0) is 20.6. The van der Waals surface area contributed by atoms with Gasteiger partial charge in [-0.3, -0.25) is 0 Å². The van der Waals surface area contributed by atoms with E-state index in [1.165, 1.54) is 11.1 Å². The van der Waals surface area contributed by atoms with Gasteiger partial charge in [0.2, 0.25) is 0 Å². The number of rotatable bonds is 6. The van der Waals surface area contributed by atoms with Crippen LogP contribution < -0.4 is 10.2 Å². The second-order valence-electron chi connectivity index (χ2n) is 9.07. The Balaban J connectivity index is 1.77. The Hall–Kier alpha value is -1.82. The molecule has 0 unspecified atom stereocenters. The predicted molar refractivity (Wildman–Crippen MR) is 116 cm³/mol. The molecule has 0 radical (unpaired) electrons. The van der Waals surface area contributed by atoms with Crippen molar-refractivity contribution >= 4 is 12.6 Å². The molecule has 1 aliphatic heterocycles. The standard InChI is InChI=1S/C24H31BO4/c1-23(2)24(3,4)29-25(28-23)21-19(16-26-5)14-18-12-9-13-20(18)22(21)27-15-17-10-7-6-8-11-17/h6-8,10-11,14H,9,12-13,15-16H2,1-5H3. The summed E-state index contributed by atoms with van der Waals surface area (Å²) in [5.41, 5.74) is 5.08. The Morgan fingerprint density at radius 1 is 0.966 bits per heavy atom. The number of benzene rings is 2. The first-order chi connectivity index (χ1) is 13.8. The van der Waals surface area contributed by atoms with Crippen LogP contribution in [0.2, 0.25) is 0 Å². The molecule has 0 atom stereocenters. The van der Waals surface area contributed by atoms with Gasteiger partial charge in [0.05, 0.1) is 17.8 Å². The highest BCUT2D eigenvalue weighted by Crippen LogP contribution is 2.39. The quantitative estimate of drug-likeness (QED) is 0.689. The molecule has 0 N–H and O–H groups in total. The van der Waals surface area contributed by atoms with E-state index in [-0.39, 0.29) is 0 Å². The van der Waals surface area contributed by atoms with E-state index in [0.717, 1.165) is 41.6 Å². The SMILES string of the molecule is COCc1cc2c(c(OCc3ccccc3)c1B1OC(C)(C)C(C)(C)O1)CCC2. The zero-order valence-corrected chi connectivity index (χ0v) is 18.2. The Labute approximate surface area is 174 Å². The Bertz CT molecular complexity index is 860. The van der Waals surface area contributed by atoms with E-state index in [2.05, 4.69) is 45.9 Å². The van der Waals surface area contributed by atoms with Gasteiger partial charge < -0.3 is 18.8 Å². The van der Waals surface area contributed by atoms with Gasteiger partial charge in [-0.2, -0.15) is 0 Å². The van der Waals surface area contributed by atoms with Gasteiger partial charge in [0.1, 0.15) is 12.4 Å². The van der Waals surface area contributed by atoms with Crippen LogP contribution in [0, 0.1) is 0 Å². The number of aryl methyl sites for hydroxylation is 1. The van der Waals surface area contributed by atoms with Crippen molar-refractivity contribution in [2.75, 3.05) is 7.11 Å². The van der Waals surface area contributed by atoms with Gasteiger partial charge in [0, 0.05) is 12.6 Å². The van der Waals surface area contributed by atoms with E-state index >= 15 is 0 Å². The first-order valence-corrected chi connectivity index (χ1v) is 10.5. The molecule has 0 spiro atoms. The van der Waals surface area contributed by atoms with E-state index in [9.17, 15) is 0 Å². The molecule has 154 valence electrons. The number of ether oxygens (including phenoxy) is 2. The maximum absolute atomic E-state index is 6.49. The minimum atomic E-state index is -0.471. The highest BCUT2D eigenvalue weighted by atomic mass is 16.7. The lowest BCUT2D eigenvalue weighted by atomic mass is 9.73. The molecule has 29 heavy (non-hydrogen) atoms. The van der Waals surface area contributed by atoms with Crippen LogP contribution in [0.15, 0.2) is 36.4 Å². The summed E-state index contributed by atoms with van der Waals surface area (Å²) >= 11 is 0. The monoisotopic (exact) mass is 394 g/mol. The number of hydrogen-bond donors (Lipinski definition) is 0. The lowest BCUT2D eigenvalue weighted by Gasteiger charge is -2.32. The van der Waals surface area contributed by atoms with Crippen LogP contribution in [-0.4, -0.2) is 25.4 Å². The van der Waals surface area contributed by atoms with E-state index in [0.29, 0.717) is 13.2 Å². The molecular weight excluding hydrogens is 363 g/mol. The molecular formula is C24H31BO4. The highest BCUT2D eigenvalue weighted by Gasteiger charge is 2.53. The summed E-state index contributed by atoms with van der Waals surface area (Å²) in [7, 11) is 1.26. The van der Waals surface area contributed by atoms with Crippen LogP contribution in [-0.2, 0) is 40.1 Å². The first kappa shape index (κ1) is 20.5. The summed E-state index contributed by atoms with van der Waals surface area (Å²) in [6, 6.07) is 12.6. The highest BCUT2D eigenvalue weighted by molar-refractivity contribution is 6.63. The van der Waals surface area contributed by atoms with Gasteiger partial charge in [-0.25, -0.2) is 0 Å². The fourth-order valence-electron chi connectivity index (χ4n) is 4.17. The Kier molecular flexibility index (Phi) is 5.49. The van der Waals surface area contributed by atoms with Crippen molar-refractivity contribution < 1.29 is 18.8 Å². The second kappa shape index (κ2) is 7.79. The van der Waals surface area contributed by atoms with Crippen LogP contribution in [0.3, 0.4) is 0 Å². The zero-order valence-electron chi connectivity index (χ0n) is 18.2. The van der Waals surface area contributed by atoms with Crippen molar-refractivity contribution in [3.05, 3.63) is 58.7 Å². The Morgan fingerprint density at radius 2 is 1.66 bits per heavy atom. The summed E-state index contributed by atoms with van der Waals surface area (Å²) in [6.07, 6.45) is 3.26. The third kappa shape index (κ3) is 3.84. The normalized spacial score (nSPS) is 19.4. The molecule has 5 heteroatoms. The lowest BCUT2D eigenvalue weighted by molar-refractivity contribution is 0.00578. The Morgan fingerprint density at radius 3 is 2.31 bits per heavy atom. The molecule has 2 aliphatic rings. The van der Waals surface area contributed by atoms with E-state index in [4.69, 9.17) is 18.8 Å². The van der Waals surface area contributed by atoms with Gasteiger partial charge in [0.15, 0.2) is 0 Å². The van der Waals surface area contributed by atoms with Gasteiger partial charge in [-0.1, -0.05) is 36.4 Å². The summed E-state index contributed by atoms with van der Waals surface area (Å²) in [5, 5.41) is 0. The molecule has 0 saturated carbocycles. The van der Waals surface area contributed by atoms with Gasteiger partial charge in [-0.15, -0.1) is 0 Å². The van der Waals surface area contributed by atoms with Crippen molar-refractivity contribution in [3.63, 3.8) is 0 Å². The summed E-state index contributed by atoms with van der Waals surface area (Å²) in [4.78, 5) is 0. The van der Waals surface area contributed by atoms with Crippen molar-refractivity contribution in [2.45, 2.75) is 71.4 Å². The molecule has 4 nitrogen and oxygen atoms in total. The van der Waals surface area contributed by atoms with Crippen LogP contribution in [0.25, 0.3) is 0 Å². The lowest BCUT2D eigenvalue weighted by Crippen LogP contribution is -2.41. The van der Waals surface area contributed by atoms with Crippen molar-refractivity contribution in [1.29, 1.82) is 0 Å². The maximum atomic E-state index is 6.49. The number of methoxy groups -OCH3 is 1. The molecule has 1 aliphatic carbocycles. The van der Waals surface area contributed by atoms with Crippen LogP contribution in [0.1, 0.15) is 56.4 Å². The molecule has 4 rings (SSSR count). The molecule has 2 aromatic rings. The molecule has 1 heterocycles. The average molecular weight is 394 g/mol. The summed E-state index contributed by atoms with van der Waals surface area (Å²) in [5.74, 6) is 0.925. The van der Waals surface area contributed by atoms with E-state index < -0.39 is 18.3 Å². The smallest absolute Gasteiger partial charge is 0.489 e. The third-order valence-electron chi connectivity index (χ3n) is 6.49. The van der Waals surface area contributed by atoms with Gasteiger partial charge >= 0.3 is 7.12 Å². The molecule has 0 bridgehead atoms. The van der Waals surface area contributed by atoms with Crippen molar-refractivity contribution in [3.8, 4) is 5.75 Å². The van der Waals surface area contributed by atoms with Crippen molar-refractivity contribution in [1.82, 2.24) is 0 Å². The first-order valence-electron chi connectivity index (χ1n) is 10.5. The maximum Gasteiger partial charge on any atom is 0.499 e.